The van der Waals surface area contributed by atoms with Crippen molar-refractivity contribution >= 4 is 5.57 Å². The van der Waals surface area contributed by atoms with E-state index in [0.29, 0.717) is 0 Å². The number of pyridine rings is 1. The smallest absolute Gasteiger partial charge is 0.0471 e. The van der Waals surface area contributed by atoms with E-state index in [1.807, 2.05) is 18.3 Å². The van der Waals surface area contributed by atoms with Crippen molar-refractivity contribution in [2.75, 3.05) is 6.61 Å². The number of allylic oxidation sites excluding steroid dienone is 1. The second-order valence-corrected chi connectivity index (χ2v) is 3.59. The van der Waals surface area contributed by atoms with Crippen molar-refractivity contribution in [3.63, 3.8) is 0 Å². The second-order valence-electron chi connectivity index (χ2n) is 3.59. The number of hydrogen-bond acceptors (Lipinski definition) is 2. The quantitative estimate of drug-likeness (QED) is 0.724. The predicted octanol–water partition coefficient (Wildman–Crippen LogP) is 3.04. The highest BCUT2D eigenvalue weighted by molar-refractivity contribution is 5.64. The van der Waals surface area contributed by atoms with E-state index < -0.39 is 0 Å². The summed E-state index contributed by atoms with van der Waals surface area (Å²) < 4.78 is 0. The van der Waals surface area contributed by atoms with Gasteiger partial charge in [-0.2, -0.15) is 0 Å². The van der Waals surface area contributed by atoms with Crippen molar-refractivity contribution in [2.45, 2.75) is 32.6 Å². The Morgan fingerprint density at radius 3 is 3.00 bits per heavy atom. The monoisotopic (exact) mass is 205 g/mol. The van der Waals surface area contributed by atoms with Crippen LogP contribution < -0.4 is 0 Å². The van der Waals surface area contributed by atoms with Crippen LogP contribution >= 0.6 is 0 Å². The van der Waals surface area contributed by atoms with Crippen molar-refractivity contribution in [3.05, 3.63) is 36.2 Å². The molecule has 2 heteroatoms. The molecule has 1 aromatic rings. The van der Waals surface area contributed by atoms with Gasteiger partial charge in [0.2, 0.25) is 0 Å². The fraction of sp³-hybridized carbons (Fsp3) is 0.462. The highest BCUT2D eigenvalue weighted by atomic mass is 16.2. The Morgan fingerprint density at radius 2 is 2.40 bits per heavy atom. The van der Waals surface area contributed by atoms with Gasteiger partial charge in [0.15, 0.2) is 0 Å². The molecule has 0 aliphatic rings. The van der Waals surface area contributed by atoms with Gasteiger partial charge in [-0.25, -0.2) is 0 Å². The molecule has 1 heterocycles. The Bertz CT molecular complexity index is 293. The van der Waals surface area contributed by atoms with Crippen LogP contribution in [0.5, 0.6) is 0 Å². The highest BCUT2D eigenvalue weighted by Crippen LogP contribution is 2.18. The maximum absolute atomic E-state index is 8.99. The summed E-state index contributed by atoms with van der Waals surface area (Å²) >= 11 is 0. The van der Waals surface area contributed by atoms with Crippen molar-refractivity contribution in [1.82, 2.24) is 4.98 Å². The third-order valence-corrected chi connectivity index (χ3v) is 2.36. The molecule has 0 saturated carbocycles. The first kappa shape index (κ1) is 11.9. The number of aliphatic hydroxyl groups excluding tert-OH is 1. The molecule has 82 valence electrons. The summed E-state index contributed by atoms with van der Waals surface area (Å²) in [4.78, 5) is 4.09. The molecular formula is C13H19NO. The maximum Gasteiger partial charge on any atom is 0.0471 e. The van der Waals surface area contributed by atoms with Crippen LogP contribution in [-0.2, 0) is 0 Å². The summed E-state index contributed by atoms with van der Waals surface area (Å²) in [5.74, 6) is 0. The zero-order valence-electron chi connectivity index (χ0n) is 9.32. The molecule has 0 unspecified atom stereocenters. The lowest BCUT2D eigenvalue weighted by molar-refractivity contribution is 0.305. The van der Waals surface area contributed by atoms with Crippen molar-refractivity contribution in [3.8, 4) is 0 Å². The summed E-state index contributed by atoms with van der Waals surface area (Å²) in [6.45, 7) is 2.39. The summed E-state index contributed by atoms with van der Waals surface area (Å²) in [7, 11) is 0. The topological polar surface area (TPSA) is 33.1 Å². The third-order valence-electron chi connectivity index (χ3n) is 2.36. The molecule has 1 aromatic heterocycles. The summed E-state index contributed by atoms with van der Waals surface area (Å²) in [6, 6.07) is 3.97. The Hall–Kier alpha value is -1.15. The van der Waals surface area contributed by atoms with E-state index in [4.69, 9.17) is 5.11 Å². The van der Waals surface area contributed by atoms with Crippen LogP contribution in [0.4, 0.5) is 0 Å². The molecule has 0 atom stereocenters. The fourth-order valence-corrected chi connectivity index (χ4v) is 1.52. The minimum atomic E-state index is 0.201. The van der Waals surface area contributed by atoms with E-state index >= 15 is 0 Å². The normalized spacial score (nSPS) is 11.7. The number of aliphatic hydroxyl groups is 1. The van der Waals surface area contributed by atoms with E-state index in [1.54, 1.807) is 6.20 Å². The van der Waals surface area contributed by atoms with Gasteiger partial charge in [-0.1, -0.05) is 31.9 Å². The first-order valence-electron chi connectivity index (χ1n) is 5.58. The molecule has 1 N–H and O–H groups in total. The zero-order chi connectivity index (χ0) is 10.9. The van der Waals surface area contributed by atoms with Gasteiger partial charge in [0, 0.05) is 19.0 Å². The first-order valence-corrected chi connectivity index (χ1v) is 5.58. The molecule has 0 amide bonds. The van der Waals surface area contributed by atoms with Crippen molar-refractivity contribution in [2.24, 2.45) is 0 Å². The van der Waals surface area contributed by atoms with E-state index in [9.17, 15) is 0 Å². The predicted molar refractivity (Wildman–Crippen MR) is 63.4 cm³/mol. The van der Waals surface area contributed by atoms with Crippen LogP contribution in [0, 0.1) is 0 Å². The molecule has 0 aliphatic heterocycles. The van der Waals surface area contributed by atoms with Gasteiger partial charge in [-0.05, 0) is 30.0 Å². The van der Waals surface area contributed by atoms with Crippen LogP contribution in [0.3, 0.4) is 0 Å². The van der Waals surface area contributed by atoms with Crippen molar-refractivity contribution < 1.29 is 5.11 Å². The molecule has 0 spiro atoms. The average Bonchev–Trinajstić information content (AvgIpc) is 2.29. The van der Waals surface area contributed by atoms with Gasteiger partial charge in [-0.3, -0.25) is 4.98 Å². The van der Waals surface area contributed by atoms with E-state index in [0.717, 1.165) is 18.4 Å². The maximum atomic E-state index is 8.99. The standard InChI is InChI=1S/C13H19NO/c1-2-3-4-6-12(8-10-15)13-7-5-9-14-11-13/h5-7,9,11,15H,2-4,8,10H2,1H3/b12-6-. The minimum Gasteiger partial charge on any atom is -0.396 e. The Morgan fingerprint density at radius 1 is 1.53 bits per heavy atom. The molecule has 0 fully saturated rings. The lowest BCUT2D eigenvalue weighted by Gasteiger charge is -2.05. The van der Waals surface area contributed by atoms with Crippen LogP contribution in [0.25, 0.3) is 5.57 Å². The lowest BCUT2D eigenvalue weighted by atomic mass is 10.0. The number of nitrogens with zero attached hydrogens (tertiary/aromatic N) is 1. The van der Waals surface area contributed by atoms with Gasteiger partial charge >= 0.3 is 0 Å². The molecule has 1 rings (SSSR count). The van der Waals surface area contributed by atoms with Crippen LogP contribution in [0.2, 0.25) is 0 Å². The number of aromatic nitrogens is 1. The molecule has 15 heavy (non-hydrogen) atoms. The Labute approximate surface area is 91.7 Å². The Balaban J connectivity index is 2.69. The lowest BCUT2D eigenvalue weighted by Crippen LogP contribution is -1.90. The molecular weight excluding hydrogens is 186 g/mol. The van der Waals surface area contributed by atoms with E-state index in [2.05, 4.69) is 18.0 Å². The fourth-order valence-electron chi connectivity index (χ4n) is 1.52. The number of unbranched alkanes of at least 4 members (excludes halogenated alkanes) is 2. The summed E-state index contributed by atoms with van der Waals surface area (Å²) in [5.41, 5.74) is 2.33. The third kappa shape index (κ3) is 4.26. The van der Waals surface area contributed by atoms with Crippen LogP contribution in [0.15, 0.2) is 30.6 Å². The molecule has 2 nitrogen and oxygen atoms in total. The molecule has 0 bridgehead atoms. The molecule has 0 aliphatic carbocycles. The van der Waals surface area contributed by atoms with Crippen LogP contribution in [-0.4, -0.2) is 16.7 Å². The SMILES string of the molecule is CCCC/C=C(/CCO)c1cccnc1. The van der Waals surface area contributed by atoms with Crippen molar-refractivity contribution in [1.29, 1.82) is 0 Å². The summed E-state index contributed by atoms with van der Waals surface area (Å²) in [6.07, 6.45) is 10.1. The van der Waals surface area contributed by atoms with E-state index in [-0.39, 0.29) is 6.61 Å². The summed E-state index contributed by atoms with van der Waals surface area (Å²) in [5, 5.41) is 8.99. The highest BCUT2D eigenvalue weighted by Gasteiger charge is 1.99. The number of hydrogen-bond donors (Lipinski definition) is 1. The molecule has 0 radical (unpaired) electrons. The largest absolute Gasteiger partial charge is 0.396 e. The molecule has 0 saturated heterocycles. The van der Waals surface area contributed by atoms with Gasteiger partial charge < -0.3 is 5.11 Å². The minimum absolute atomic E-state index is 0.201. The molecule has 0 aromatic carbocycles. The second kappa shape index (κ2) is 7.18. The number of rotatable bonds is 6. The average molecular weight is 205 g/mol. The van der Waals surface area contributed by atoms with Gasteiger partial charge in [0.1, 0.15) is 0 Å². The Kier molecular flexibility index (Phi) is 5.71. The first-order chi connectivity index (χ1) is 7.38. The van der Waals surface area contributed by atoms with Crippen LogP contribution in [0.1, 0.15) is 38.2 Å². The van der Waals surface area contributed by atoms with Gasteiger partial charge in [-0.15, -0.1) is 0 Å². The van der Waals surface area contributed by atoms with E-state index in [1.165, 1.54) is 18.4 Å². The van der Waals surface area contributed by atoms with Gasteiger partial charge in [0.05, 0.1) is 0 Å². The van der Waals surface area contributed by atoms with Gasteiger partial charge in [0.25, 0.3) is 0 Å². The zero-order valence-corrected chi connectivity index (χ0v) is 9.32.